The monoisotopic (exact) mass is 415 g/mol. The first-order valence-electron chi connectivity index (χ1n) is 9.54. The minimum absolute atomic E-state index is 0.126. The summed E-state index contributed by atoms with van der Waals surface area (Å²) in [7, 11) is 1.33. The van der Waals surface area contributed by atoms with Crippen molar-refractivity contribution >= 4 is 28.9 Å². The molecule has 9 heteroatoms. The smallest absolute Gasteiger partial charge is 0.341 e. The highest BCUT2D eigenvalue weighted by Crippen LogP contribution is 2.29. The van der Waals surface area contributed by atoms with Gasteiger partial charge in [-0.3, -0.25) is 14.9 Å². The molecule has 2 N–H and O–H groups in total. The Bertz CT molecular complexity index is 915. The van der Waals surface area contributed by atoms with Gasteiger partial charge in [0, 0.05) is 18.3 Å². The number of esters is 1. The maximum absolute atomic E-state index is 12.6. The minimum Gasteiger partial charge on any atom is -0.494 e. The van der Waals surface area contributed by atoms with Crippen LogP contribution in [0.15, 0.2) is 42.5 Å². The summed E-state index contributed by atoms with van der Waals surface area (Å²) in [6.45, 7) is 4.23. The van der Waals surface area contributed by atoms with E-state index in [1.807, 2.05) is 6.07 Å². The number of carbonyl (C=O) groups excluding carboxylic acids is 2. The number of benzene rings is 2. The Hall–Kier alpha value is -3.62. The van der Waals surface area contributed by atoms with E-state index in [1.165, 1.54) is 32.2 Å². The van der Waals surface area contributed by atoms with Crippen molar-refractivity contribution in [3.8, 4) is 5.75 Å². The summed E-state index contributed by atoms with van der Waals surface area (Å²) in [5, 5.41) is 16.6. The largest absolute Gasteiger partial charge is 0.494 e. The molecule has 0 aliphatic rings. The standard InChI is InChI=1S/C21H25N3O6/c1-4-5-12-22-17-9-7-6-8-16(17)21(26)30-14(2)20(25)23-18-11-10-15(24(27)28)13-19(18)29-3/h6-11,13-14,22H,4-5,12H2,1-3H3,(H,23,25)/t14-/m0/s1. The molecule has 9 nitrogen and oxygen atoms in total. The van der Waals surface area contributed by atoms with E-state index in [0.29, 0.717) is 11.3 Å². The maximum Gasteiger partial charge on any atom is 0.341 e. The molecule has 0 unspecified atom stereocenters. The lowest BCUT2D eigenvalue weighted by atomic mass is 10.1. The van der Waals surface area contributed by atoms with Gasteiger partial charge in [-0.1, -0.05) is 25.5 Å². The van der Waals surface area contributed by atoms with Gasteiger partial charge in [0.15, 0.2) is 6.10 Å². The molecule has 0 aromatic heterocycles. The molecule has 2 aromatic rings. The molecule has 0 aliphatic carbocycles. The summed E-state index contributed by atoms with van der Waals surface area (Å²) in [4.78, 5) is 35.3. The van der Waals surface area contributed by atoms with Crippen LogP contribution in [0.5, 0.6) is 5.75 Å². The third kappa shape index (κ3) is 5.94. The number of nitro benzene ring substituents is 1. The van der Waals surface area contributed by atoms with E-state index in [1.54, 1.807) is 18.2 Å². The summed E-state index contributed by atoms with van der Waals surface area (Å²) in [6, 6.07) is 10.7. The van der Waals surface area contributed by atoms with E-state index in [2.05, 4.69) is 17.6 Å². The third-order valence-electron chi connectivity index (χ3n) is 4.30. The van der Waals surface area contributed by atoms with Gasteiger partial charge in [-0.05, 0) is 31.5 Å². The van der Waals surface area contributed by atoms with Gasteiger partial charge in [0.1, 0.15) is 5.75 Å². The van der Waals surface area contributed by atoms with Gasteiger partial charge in [-0.25, -0.2) is 4.79 Å². The van der Waals surface area contributed by atoms with Gasteiger partial charge in [0.2, 0.25) is 0 Å². The summed E-state index contributed by atoms with van der Waals surface area (Å²) < 4.78 is 10.4. The number of hydrogen-bond acceptors (Lipinski definition) is 7. The predicted octanol–water partition coefficient (Wildman–Crippen LogP) is 4.00. The van der Waals surface area contributed by atoms with E-state index in [0.717, 1.165) is 19.4 Å². The second-order valence-corrected chi connectivity index (χ2v) is 6.50. The molecule has 0 saturated heterocycles. The number of nitro groups is 1. The summed E-state index contributed by atoms with van der Waals surface area (Å²) in [5.41, 5.74) is 1.04. The number of ether oxygens (including phenoxy) is 2. The van der Waals surface area contributed by atoms with Crippen molar-refractivity contribution in [2.24, 2.45) is 0 Å². The lowest BCUT2D eigenvalue weighted by molar-refractivity contribution is -0.384. The molecule has 0 fully saturated rings. The number of methoxy groups -OCH3 is 1. The van der Waals surface area contributed by atoms with Crippen LogP contribution in [-0.2, 0) is 9.53 Å². The second-order valence-electron chi connectivity index (χ2n) is 6.50. The van der Waals surface area contributed by atoms with Gasteiger partial charge in [-0.15, -0.1) is 0 Å². The lowest BCUT2D eigenvalue weighted by Crippen LogP contribution is -2.30. The van der Waals surface area contributed by atoms with Crippen LogP contribution in [0, 0.1) is 10.1 Å². The summed E-state index contributed by atoms with van der Waals surface area (Å²) in [5.74, 6) is -1.10. The number of amides is 1. The fraction of sp³-hybridized carbons (Fsp3) is 0.333. The molecule has 0 radical (unpaired) electrons. The molecule has 0 saturated carbocycles. The molecule has 2 aromatic carbocycles. The van der Waals surface area contributed by atoms with Gasteiger partial charge in [0.05, 0.1) is 29.4 Å². The lowest BCUT2D eigenvalue weighted by Gasteiger charge is -2.16. The van der Waals surface area contributed by atoms with Crippen LogP contribution in [0.1, 0.15) is 37.0 Å². The fourth-order valence-electron chi connectivity index (χ4n) is 2.62. The molecule has 30 heavy (non-hydrogen) atoms. The predicted molar refractivity (Wildman–Crippen MR) is 113 cm³/mol. The second kappa shape index (κ2) is 10.8. The van der Waals surface area contributed by atoms with Crippen molar-refractivity contribution in [1.82, 2.24) is 0 Å². The number of carbonyl (C=O) groups is 2. The number of non-ortho nitro benzene ring substituents is 1. The molecule has 0 aliphatic heterocycles. The number of hydrogen-bond donors (Lipinski definition) is 2. The Balaban J connectivity index is 2.06. The third-order valence-corrected chi connectivity index (χ3v) is 4.30. The van der Waals surface area contributed by atoms with Crippen LogP contribution in [-0.4, -0.2) is 36.6 Å². The number of nitrogens with zero attached hydrogens (tertiary/aromatic N) is 1. The molecular formula is C21H25N3O6. The van der Waals surface area contributed by atoms with Gasteiger partial charge < -0.3 is 20.1 Å². The molecule has 0 heterocycles. The molecule has 1 amide bonds. The highest BCUT2D eigenvalue weighted by molar-refractivity contribution is 6.00. The van der Waals surface area contributed by atoms with Crippen molar-refractivity contribution in [3.63, 3.8) is 0 Å². The van der Waals surface area contributed by atoms with Crippen LogP contribution in [0.3, 0.4) is 0 Å². The Morgan fingerprint density at radius 1 is 1.17 bits per heavy atom. The average Bonchev–Trinajstić information content (AvgIpc) is 2.74. The maximum atomic E-state index is 12.6. The topological polar surface area (TPSA) is 120 Å². The number of rotatable bonds is 10. The number of anilines is 2. The zero-order valence-electron chi connectivity index (χ0n) is 17.1. The highest BCUT2D eigenvalue weighted by Gasteiger charge is 2.22. The molecule has 0 spiro atoms. The van der Waals surface area contributed by atoms with Crippen molar-refractivity contribution in [2.45, 2.75) is 32.8 Å². The van der Waals surface area contributed by atoms with Crippen molar-refractivity contribution < 1.29 is 24.0 Å². The SMILES string of the molecule is CCCCNc1ccccc1C(=O)O[C@@H](C)C(=O)Nc1ccc([N+](=O)[O-])cc1OC. The molecule has 2 rings (SSSR count). The van der Waals surface area contributed by atoms with Gasteiger partial charge in [-0.2, -0.15) is 0 Å². The van der Waals surface area contributed by atoms with Gasteiger partial charge >= 0.3 is 5.97 Å². The number of para-hydroxylation sites is 1. The van der Waals surface area contributed by atoms with Crippen LogP contribution in [0.25, 0.3) is 0 Å². The van der Waals surface area contributed by atoms with E-state index >= 15 is 0 Å². The van der Waals surface area contributed by atoms with E-state index < -0.39 is 22.9 Å². The zero-order valence-corrected chi connectivity index (χ0v) is 17.1. The van der Waals surface area contributed by atoms with Crippen LogP contribution in [0.2, 0.25) is 0 Å². The normalized spacial score (nSPS) is 11.3. The van der Waals surface area contributed by atoms with E-state index in [4.69, 9.17) is 9.47 Å². The van der Waals surface area contributed by atoms with Crippen molar-refractivity contribution in [3.05, 3.63) is 58.1 Å². The highest BCUT2D eigenvalue weighted by atomic mass is 16.6. The Labute approximate surface area is 174 Å². The number of nitrogens with one attached hydrogen (secondary N) is 2. The minimum atomic E-state index is -1.10. The van der Waals surface area contributed by atoms with E-state index in [-0.39, 0.29) is 17.1 Å². The molecule has 160 valence electrons. The number of unbranched alkanes of at least 4 members (excludes halogenated alkanes) is 1. The van der Waals surface area contributed by atoms with Crippen LogP contribution >= 0.6 is 0 Å². The van der Waals surface area contributed by atoms with Crippen molar-refractivity contribution in [2.75, 3.05) is 24.3 Å². The fourth-order valence-corrected chi connectivity index (χ4v) is 2.62. The zero-order chi connectivity index (χ0) is 22.1. The summed E-state index contributed by atoms with van der Waals surface area (Å²) in [6.07, 6.45) is 0.878. The van der Waals surface area contributed by atoms with Crippen LogP contribution in [0.4, 0.5) is 17.1 Å². The molecular weight excluding hydrogens is 390 g/mol. The molecule has 0 bridgehead atoms. The van der Waals surface area contributed by atoms with Crippen molar-refractivity contribution in [1.29, 1.82) is 0 Å². The van der Waals surface area contributed by atoms with Crippen LogP contribution < -0.4 is 15.4 Å². The first-order chi connectivity index (χ1) is 14.4. The Morgan fingerprint density at radius 2 is 1.90 bits per heavy atom. The average molecular weight is 415 g/mol. The first-order valence-corrected chi connectivity index (χ1v) is 9.54. The Morgan fingerprint density at radius 3 is 2.57 bits per heavy atom. The first kappa shape index (κ1) is 22.7. The quantitative estimate of drug-likeness (QED) is 0.260. The van der Waals surface area contributed by atoms with E-state index in [9.17, 15) is 19.7 Å². The van der Waals surface area contributed by atoms with Gasteiger partial charge in [0.25, 0.3) is 11.6 Å². The Kier molecular flexibility index (Phi) is 8.16. The molecule has 1 atom stereocenters. The summed E-state index contributed by atoms with van der Waals surface area (Å²) >= 11 is 0.